The first kappa shape index (κ1) is 20.4. The zero-order valence-electron chi connectivity index (χ0n) is 15.8. The summed E-state index contributed by atoms with van der Waals surface area (Å²) < 4.78 is 15.3. The average molecular weight is 457 g/mol. The van der Waals surface area contributed by atoms with Crippen LogP contribution in [0.5, 0.6) is 0 Å². The lowest BCUT2D eigenvalue weighted by atomic mass is 10.2. The van der Waals surface area contributed by atoms with Crippen LogP contribution in [0, 0.1) is 5.82 Å². The Hall–Kier alpha value is -3.33. The lowest BCUT2D eigenvalue weighted by molar-refractivity contribution is 0.262. The maximum atomic E-state index is 13.3. The van der Waals surface area contributed by atoms with E-state index in [1.807, 2.05) is 20.2 Å². The standard InChI is InChI=1S/C20H18BrFN6O/c1-12(13-10-24-28(3)11-13)25-19-9-15(5-7-18(19)23-2)27-20(29)26-14-4-6-17(22)16(21)8-14/h4-11H,2H2,1,3H3,(H2,26,27,29)/b25-12+. The summed E-state index contributed by atoms with van der Waals surface area (Å²) in [6.45, 7) is 5.43. The topological polar surface area (TPSA) is 83.7 Å². The summed E-state index contributed by atoms with van der Waals surface area (Å²) in [7, 11) is 1.83. The maximum Gasteiger partial charge on any atom is 0.323 e. The van der Waals surface area contributed by atoms with Gasteiger partial charge in [0, 0.05) is 35.9 Å². The minimum atomic E-state index is -0.471. The van der Waals surface area contributed by atoms with E-state index in [2.05, 4.69) is 48.4 Å². The Morgan fingerprint density at radius 1 is 1.17 bits per heavy atom. The molecular weight excluding hydrogens is 439 g/mol. The molecule has 0 saturated heterocycles. The predicted molar refractivity (Wildman–Crippen MR) is 117 cm³/mol. The predicted octanol–water partition coefficient (Wildman–Crippen LogP) is 5.44. The summed E-state index contributed by atoms with van der Waals surface area (Å²) in [5.41, 5.74) is 3.74. The van der Waals surface area contributed by atoms with Gasteiger partial charge in [0.25, 0.3) is 0 Å². The molecule has 0 spiro atoms. The molecule has 0 aliphatic heterocycles. The number of hydrogen-bond acceptors (Lipinski definition) is 4. The van der Waals surface area contributed by atoms with Gasteiger partial charge < -0.3 is 10.6 Å². The van der Waals surface area contributed by atoms with Gasteiger partial charge in [-0.1, -0.05) is 0 Å². The molecule has 1 aromatic heterocycles. The van der Waals surface area contributed by atoms with Crippen molar-refractivity contribution in [2.45, 2.75) is 6.92 Å². The van der Waals surface area contributed by atoms with Crippen LogP contribution in [0.25, 0.3) is 0 Å². The zero-order chi connectivity index (χ0) is 21.0. The van der Waals surface area contributed by atoms with Gasteiger partial charge in [-0.25, -0.2) is 9.18 Å². The first-order valence-corrected chi connectivity index (χ1v) is 9.33. The fraction of sp³-hybridized carbons (Fsp3) is 0.100. The van der Waals surface area contributed by atoms with Gasteiger partial charge >= 0.3 is 6.03 Å². The van der Waals surface area contributed by atoms with E-state index in [0.717, 1.165) is 11.3 Å². The number of aliphatic imine (C=N–C) groups is 2. The van der Waals surface area contributed by atoms with Gasteiger partial charge in [-0.05, 0) is 66.0 Å². The van der Waals surface area contributed by atoms with E-state index in [1.165, 1.54) is 18.2 Å². The van der Waals surface area contributed by atoms with Gasteiger partial charge in [-0.2, -0.15) is 5.10 Å². The lowest BCUT2D eigenvalue weighted by Crippen LogP contribution is -2.19. The van der Waals surface area contributed by atoms with Crippen LogP contribution in [0.15, 0.2) is 63.2 Å². The van der Waals surface area contributed by atoms with E-state index >= 15 is 0 Å². The van der Waals surface area contributed by atoms with Crippen molar-refractivity contribution in [1.82, 2.24) is 9.78 Å². The molecule has 7 nitrogen and oxygen atoms in total. The zero-order valence-corrected chi connectivity index (χ0v) is 17.4. The van der Waals surface area contributed by atoms with E-state index < -0.39 is 11.8 Å². The van der Waals surface area contributed by atoms with Gasteiger partial charge in [-0.15, -0.1) is 0 Å². The molecule has 0 unspecified atom stereocenters. The van der Waals surface area contributed by atoms with Crippen LogP contribution in [0.1, 0.15) is 12.5 Å². The summed E-state index contributed by atoms with van der Waals surface area (Å²) in [5.74, 6) is -0.407. The second-order valence-electron chi connectivity index (χ2n) is 6.17. The van der Waals surface area contributed by atoms with Crippen LogP contribution in [-0.4, -0.2) is 28.2 Å². The number of aryl methyl sites for hydroxylation is 1. The fourth-order valence-corrected chi connectivity index (χ4v) is 2.92. The molecule has 3 rings (SSSR count). The molecule has 3 aromatic rings. The summed E-state index contributed by atoms with van der Waals surface area (Å²) in [6, 6.07) is 8.85. The summed E-state index contributed by atoms with van der Waals surface area (Å²) in [6.07, 6.45) is 3.58. The van der Waals surface area contributed by atoms with Crippen molar-refractivity contribution in [2.24, 2.45) is 17.0 Å². The maximum absolute atomic E-state index is 13.3. The number of carbonyl (C=O) groups is 1. The van der Waals surface area contributed by atoms with Crippen LogP contribution in [0.2, 0.25) is 0 Å². The normalized spacial score (nSPS) is 11.2. The van der Waals surface area contributed by atoms with Crippen molar-refractivity contribution in [3.8, 4) is 0 Å². The number of nitrogens with zero attached hydrogens (tertiary/aromatic N) is 4. The molecule has 1 heterocycles. The van der Waals surface area contributed by atoms with E-state index in [-0.39, 0.29) is 4.47 Å². The summed E-state index contributed by atoms with van der Waals surface area (Å²) in [4.78, 5) is 20.9. The van der Waals surface area contributed by atoms with Crippen LogP contribution in [0.4, 0.5) is 31.9 Å². The van der Waals surface area contributed by atoms with Crippen LogP contribution in [-0.2, 0) is 7.05 Å². The minimum absolute atomic E-state index is 0.263. The summed E-state index contributed by atoms with van der Waals surface area (Å²) in [5, 5.41) is 9.51. The number of carbonyl (C=O) groups excluding carboxylic acids is 1. The third-order valence-electron chi connectivity index (χ3n) is 3.99. The Morgan fingerprint density at radius 3 is 2.48 bits per heavy atom. The van der Waals surface area contributed by atoms with Gasteiger partial charge in [-0.3, -0.25) is 14.7 Å². The molecule has 0 radical (unpaired) electrons. The summed E-state index contributed by atoms with van der Waals surface area (Å²) >= 11 is 3.09. The third kappa shape index (κ3) is 5.14. The quantitative estimate of drug-likeness (QED) is 0.501. The molecule has 2 amide bonds. The molecule has 2 N–H and O–H groups in total. The molecule has 0 saturated carbocycles. The number of rotatable bonds is 5. The number of hydrogen-bond donors (Lipinski definition) is 2. The molecule has 0 aliphatic carbocycles. The van der Waals surface area contributed by atoms with Crippen molar-refractivity contribution >= 4 is 57.1 Å². The largest absolute Gasteiger partial charge is 0.323 e. The van der Waals surface area contributed by atoms with E-state index in [1.54, 1.807) is 29.1 Å². The Bertz CT molecular complexity index is 1110. The first-order valence-electron chi connectivity index (χ1n) is 8.54. The molecule has 0 fully saturated rings. The number of anilines is 2. The van der Waals surface area contributed by atoms with Crippen molar-refractivity contribution in [3.63, 3.8) is 0 Å². The highest BCUT2D eigenvalue weighted by molar-refractivity contribution is 9.10. The van der Waals surface area contributed by atoms with Gasteiger partial charge in [0.15, 0.2) is 0 Å². The highest BCUT2D eigenvalue weighted by Crippen LogP contribution is 2.31. The second kappa shape index (κ2) is 8.78. The SMILES string of the molecule is C=Nc1ccc(NC(=O)Nc2ccc(F)c(Br)c2)cc1/N=C(\C)c1cnn(C)c1. The number of amides is 2. The third-order valence-corrected chi connectivity index (χ3v) is 4.60. The van der Waals surface area contributed by atoms with E-state index in [9.17, 15) is 9.18 Å². The highest BCUT2D eigenvalue weighted by atomic mass is 79.9. The van der Waals surface area contributed by atoms with Crippen molar-refractivity contribution < 1.29 is 9.18 Å². The number of nitrogens with one attached hydrogen (secondary N) is 2. The molecule has 0 atom stereocenters. The van der Waals surface area contributed by atoms with Crippen LogP contribution >= 0.6 is 15.9 Å². The van der Waals surface area contributed by atoms with Gasteiger partial charge in [0.05, 0.1) is 22.0 Å². The Kier molecular flexibility index (Phi) is 6.18. The second-order valence-corrected chi connectivity index (χ2v) is 7.02. The Morgan fingerprint density at radius 2 is 1.86 bits per heavy atom. The van der Waals surface area contributed by atoms with E-state index in [4.69, 9.17) is 0 Å². The average Bonchev–Trinajstić information content (AvgIpc) is 3.11. The molecule has 148 valence electrons. The van der Waals surface area contributed by atoms with Crippen molar-refractivity contribution in [3.05, 3.63) is 64.6 Å². The van der Waals surface area contributed by atoms with Crippen molar-refractivity contribution in [2.75, 3.05) is 10.6 Å². The minimum Gasteiger partial charge on any atom is -0.308 e. The van der Waals surface area contributed by atoms with Crippen LogP contribution < -0.4 is 10.6 Å². The molecule has 9 heteroatoms. The number of halogens is 2. The first-order chi connectivity index (χ1) is 13.9. The number of aromatic nitrogens is 2. The molecule has 29 heavy (non-hydrogen) atoms. The van der Waals surface area contributed by atoms with Gasteiger partial charge in [0.1, 0.15) is 5.82 Å². The fourth-order valence-electron chi connectivity index (χ4n) is 2.55. The van der Waals surface area contributed by atoms with Crippen molar-refractivity contribution in [1.29, 1.82) is 0 Å². The number of urea groups is 1. The van der Waals surface area contributed by atoms with E-state index in [0.29, 0.717) is 22.7 Å². The van der Waals surface area contributed by atoms with Crippen LogP contribution in [0.3, 0.4) is 0 Å². The smallest absolute Gasteiger partial charge is 0.308 e. The molecule has 0 aliphatic rings. The lowest BCUT2D eigenvalue weighted by Gasteiger charge is -2.10. The van der Waals surface area contributed by atoms with Gasteiger partial charge in [0.2, 0.25) is 0 Å². The monoisotopic (exact) mass is 456 g/mol. The molecular formula is C20H18BrFN6O. The molecule has 2 aromatic carbocycles. The highest BCUT2D eigenvalue weighted by Gasteiger charge is 2.09. The Labute approximate surface area is 175 Å². The number of benzene rings is 2. The molecule has 0 bridgehead atoms. The Balaban J connectivity index is 1.79.